The molecule has 1 fully saturated rings. The minimum atomic E-state index is 0.931. The van der Waals surface area contributed by atoms with Gasteiger partial charge in [-0.2, -0.15) is 0 Å². The molecule has 18 heavy (non-hydrogen) atoms. The van der Waals surface area contributed by atoms with Crippen molar-refractivity contribution in [3.63, 3.8) is 0 Å². The third kappa shape index (κ3) is 4.33. The lowest BCUT2D eigenvalue weighted by molar-refractivity contribution is 0.667. The van der Waals surface area contributed by atoms with Crippen molar-refractivity contribution in [2.45, 2.75) is 45.4 Å². The summed E-state index contributed by atoms with van der Waals surface area (Å²) in [6.45, 7) is 4.31. The number of nitrogens with one attached hydrogen (secondary N) is 2. The van der Waals surface area contributed by atoms with Gasteiger partial charge in [-0.25, -0.2) is 4.99 Å². The van der Waals surface area contributed by atoms with Crippen LogP contribution in [-0.4, -0.2) is 19.0 Å². The van der Waals surface area contributed by atoms with E-state index in [4.69, 9.17) is 0 Å². The molecule has 0 amide bonds. The van der Waals surface area contributed by atoms with Gasteiger partial charge in [0, 0.05) is 13.1 Å². The van der Waals surface area contributed by atoms with E-state index < -0.39 is 0 Å². The molecule has 0 saturated carbocycles. The van der Waals surface area contributed by atoms with E-state index >= 15 is 0 Å². The Bertz CT molecular complexity index is 376. The van der Waals surface area contributed by atoms with Crippen LogP contribution in [0.3, 0.4) is 0 Å². The molecule has 1 aliphatic heterocycles. The number of unbranched alkanes of at least 4 members (excludes halogenated alkanes) is 3. The summed E-state index contributed by atoms with van der Waals surface area (Å²) in [7, 11) is 0. The highest BCUT2D eigenvalue weighted by molar-refractivity contribution is 7.14. The van der Waals surface area contributed by atoms with E-state index in [-0.39, 0.29) is 0 Å². The number of guanidine groups is 1. The fourth-order valence-electron chi connectivity index (χ4n) is 2.06. The van der Waals surface area contributed by atoms with Crippen molar-refractivity contribution in [3.05, 3.63) is 17.0 Å². The number of rotatable bonds is 6. The summed E-state index contributed by atoms with van der Waals surface area (Å²) in [6, 6.07) is 2.22. The molecule has 0 atom stereocenters. The van der Waals surface area contributed by atoms with Crippen LogP contribution in [0.1, 0.15) is 44.6 Å². The second kappa shape index (κ2) is 7.41. The molecule has 0 aliphatic carbocycles. The topological polar surface area (TPSA) is 36.4 Å². The number of nitrogens with zero attached hydrogens (tertiary/aromatic N) is 1. The second-order valence-electron chi connectivity index (χ2n) is 4.77. The van der Waals surface area contributed by atoms with Gasteiger partial charge in [-0.1, -0.05) is 26.2 Å². The first-order chi connectivity index (χ1) is 8.88. The third-order valence-electron chi connectivity index (χ3n) is 3.12. The standard InChI is InChI=1S/C14H23N3S/c1-2-3-4-5-7-12-10-13(18-11-12)17-14-15-8-6-9-16-14/h10-11H,2-9H2,1H3,(H2,15,16,17). The van der Waals surface area contributed by atoms with Gasteiger partial charge in [0.05, 0.1) is 0 Å². The first kappa shape index (κ1) is 13.4. The van der Waals surface area contributed by atoms with Crippen LogP contribution in [0.5, 0.6) is 0 Å². The molecule has 1 aromatic heterocycles. The van der Waals surface area contributed by atoms with Crippen molar-refractivity contribution in [2.75, 3.05) is 13.1 Å². The maximum atomic E-state index is 4.60. The average Bonchev–Trinajstić information content (AvgIpc) is 2.84. The van der Waals surface area contributed by atoms with Crippen LogP contribution < -0.4 is 10.6 Å². The first-order valence-corrected chi connectivity index (χ1v) is 7.90. The predicted molar refractivity (Wildman–Crippen MR) is 79.9 cm³/mol. The normalized spacial score (nSPS) is 15.1. The van der Waals surface area contributed by atoms with Crippen LogP contribution >= 0.6 is 11.3 Å². The summed E-state index contributed by atoms with van der Waals surface area (Å²) < 4.78 is 0. The lowest BCUT2D eigenvalue weighted by atomic mass is 10.1. The maximum absolute atomic E-state index is 4.60. The quantitative estimate of drug-likeness (QED) is 0.773. The summed E-state index contributed by atoms with van der Waals surface area (Å²) in [5.74, 6) is 0.931. The molecule has 1 aliphatic rings. The zero-order chi connectivity index (χ0) is 12.6. The molecule has 0 unspecified atom stereocenters. The van der Waals surface area contributed by atoms with Gasteiger partial charge in [0.25, 0.3) is 0 Å². The van der Waals surface area contributed by atoms with E-state index in [1.54, 1.807) is 11.3 Å². The van der Waals surface area contributed by atoms with Crippen LogP contribution in [0.15, 0.2) is 16.4 Å². The van der Waals surface area contributed by atoms with Crippen molar-refractivity contribution in [2.24, 2.45) is 4.99 Å². The maximum Gasteiger partial charge on any atom is 0.197 e. The Labute approximate surface area is 114 Å². The van der Waals surface area contributed by atoms with Crippen LogP contribution in [0.4, 0.5) is 5.00 Å². The lowest BCUT2D eigenvalue weighted by Gasteiger charge is -2.16. The molecule has 0 radical (unpaired) electrons. The summed E-state index contributed by atoms with van der Waals surface area (Å²) >= 11 is 1.74. The van der Waals surface area contributed by atoms with E-state index in [9.17, 15) is 0 Å². The van der Waals surface area contributed by atoms with Crippen molar-refractivity contribution >= 4 is 22.3 Å². The SMILES string of the molecule is CCCCCCc1csc(N=C2NCCCN2)c1. The molecule has 4 heteroatoms. The monoisotopic (exact) mass is 265 g/mol. The molecule has 0 aromatic carbocycles. The van der Waals surface area contributed by atoms with E-state index in [0.717, 1.165) is 24.1 Å². The van der Waals surface area contributed by atoms with E-state index in [1.807, 2.05) is 0 Å². The molecule has 2 N–H and O–H groups in total. The van der Waals surface area contributed by atoms with Gasteiger partial charge in [0.15, 0.2) is 5.96 Å². The Hall–Kier alpha value is -1.03. The highest BCUT2D eigenvalue weighted by Crippen LogP contribution is 2.25. The molecule has 1 aromatic rings. The highest BCUT2D eigenvalue weighted by atomic mass is 32.1. The summed E-state index contributed by atoms with van der Waals surface area (Å²) in [6.07, 6.45) is 7.68. The van der Waals surface area contributed by atoms with Gasteiger partial charge in [-0.3, -0.25) is 0 Å². The van der Waals surface area contributed by atoms with Gasteiger partial charge >= 0.3 is 0 Å². The Balaban J connectivity index is 1.81. The second-order valence-corrected chi connectivity index (χ2v) is 5.66. The molecule has 2 heterocycles. The molecule has 100 valence electrons. The lowest BCUT2D eigenvalue weighted by Crippen LogP contribution is -2.43. The zero-order valence-electron chi connectivity index (χ0n) is 11.2. The molecular formula is C14H23N3S. The van der Waals surface area contributed by atoms with Crippen molar-refractivity contribution in [1.82, 2.24) is 10.6 Å². The van der Waals surface area contributed by atoms with E-state index in [2.05, 4.69) is 34.0 Å². The molecule has 0 spiro atoms. The average molecular weight is 265 g/mol. The minimum absolute atomic E-state index is 0.931. The van der Waals surface area contributed by atoms with Crippen LogP contribution in [0, 0.1) is 0 Å². The molecule has 0 bridgehead atoms. The smallest absolute Gasteiger partial charge is 0.197 e. The van der Waals surface area contributed by atoms with Gasteiger partial charge in [-0.15, -0.1) is 11.3 Å². The fraction of sp³-hybridized carbons (Fsp3) is 0.643. The van der Waals surface area contributed by atoms with Crippen molar-refractivity contribution < 1.29 is 0 Å². The van der Waals surface area contributed by atoms with Gasteiger partial charge in [-0.05, 0) is 36.3 Å². The molecule has 1 saturated heterocycles. The summed E-state index contributed by atoms with van der Waals surface area (Å²) in [4.78, 5) is 4.60. The first-order valence-electron chi connectivity index (χ1n) is 7.02. The van der Waals surface area contributed by atoms with Crippen LogP contribution in [-0.2, 0) is 6.42 Å². The van der Waals surface area contributed by atoms with E-state index in [0.29, 0.717) is 0 Å². The predicted octanol–water partition coefficient (Wildman–Crippen LogP) is 3.44. The van der Waals surface area contributed by atoms with Gasteiger partial charge in [0.2, 0.25) is 0 Å². The Morgan fingerprint density at radius 1 is 1.22 bits per heavy atom. The third-order valence-corrected chi connectivity index (χ3v) is 3.99. The largest absolute Gasteiger partial charge is 0.356 e. The molecule has 3 nitrogen and oxygen atoms in total. The van der Waals surface area contributed by atoms with Gasteiger partial charge < -0.3 is 10.6 Å². The van der Waals surface area contributed by atoms with Crippen LogP contribution in [0.2, 0.25) is 0 Å². The number of hydrogen-bond donors (Lipinski definition) is 2. The van der Waals surface area contributed by atoms with Crippen molar-refractivity contribution in [1.29, 1.82) is 0 Å². The Morgan fingerprint density at radius 3 is 2.83 bits per heavy atom. The highest BCUT2D eigenvalue weighted by Gasteiger charge is 2.05. The number of aryl methyl sites for hydroxylation is 1. The number of hydrogen-bond acceptors (Lipinski definition) is 2. The summed E-state index contributed by atoms with van der Waals surface area (Å²) in [5, 5.41) is 9.92. The fourth-order valence-corrected chi connectivity index (χ4v) is 2.88. The van der Waals surface area contributed by atoms with E-state index in [1.165, 1.54) is 44.1 Å². The Morgan fingerprint density at radius 2 is 2.06 bits per heavy atom. The molecule has 2 rings (SSSR count). The Kier molecular flexibility index (Phi) is 5.52. The number of thiophene rings is 1. The van der Waals surface area contributed by atoms with Crippen molar-refractivity contribution in [3.8, 4) is 0 Å². The van der Waals surface area contributed by atoms with Gasteiger partial charge in [0.1, 0.15) is 5.00 Å². The number of aliphatic imine (C=N–C) groups is 1. The summed E-state index contributed by atoms with van der Waals surface area (Å²) in [5.41, 5.74) is 1.44. The molecular weight excluding hydrogens is 242 g/mol. The zero-order valence-corrected chi connectivity index (χ0v) is 12.0. The van der Waals surface area contributed by atoms with Crippen LogP contribution in [0.25, 0.3) is 0 Å². The minimum Gasteiger partial charge on any atom is -0.356 e.